The van der Waals surface area contributed by atoms with Gasteiger partial charge in [-0.15, -0.1) is 12.3 Å². The number of likely N-dealkylation sites (tertiary alicyclic amines) is 1. The maximum absolute atomic E-state index is 12.3. The monoisotopic (exact) mass is 294 g/mol. The molecule has 0 spiro atoms. The van der Waals surface area contributed by atoms with Crippen molar-refractivity contribution < 1.29 is 14.7 Å². The van der Waals surface area contributed by atoms with Crippen LogP contribution in [0.15, 0.2) is 0 Å². The number of carboxylic acids is 1. The predicted molar refractivity (Wildman–Crippen MR) is 81.8 cm³/mol. The molecule has 1 saturated heterocycles. The first-order valence-electron chi connectivity index (χ1n) is 7.71. The number of hydrogen-bond acceptors (Lipinski definition) is 2. The van der Waals surface area contributed by atoms with Gasteiger partial charge in [-0.2, -0.15) is 0 Å². The van der Waals surface area contributed by atoms with Crippen LogP contribution in [0, 0.1) is 17.8 Å². The van der Waals surface area contributed by atoms with Crippen LogP contribution in [0.1, 0.15) is 52.4 Å². The Morgan fingerprint density at radius 2 is 2.19 bits per heavy atom. The van der Waals surface area contributed by atoms with Crippen LogP contribution in [0.25, 0.3) is 0 Å². The van der Waals surface area contributed by atoms with E-state index in [-0.39, 0.29) is 18.6 Å². The van der Waals surface area contributed by atoms with Gasteiger partial charge in [0, 0.05) is 25.6 Å². The van der Waals surface area contributed by atoms with Crippen molar-refractivity contribution in [1.29, 1.82) is 0 Å². The van der Waals surface area contributed by atoms with E-state index in [0.29, 0.717) is 25.8 Å². The molecule has 0 aromatic rings. The fourth-order valence-corrected chi connectivity index (χ4v) is 2.97. The summed E-state index contributed by atoms with van der Waals surface area (Å²) in [6.45, 7) is 4.84. The van der Waals surface area contributed by atoms with Crippen LogP contribution >= 0.6 is 0 Å². The zero-order chi connectivity index (χ0) is 15.9. The molecule has 0 saturated carbocycles. The van der Waals surface area contributed by atoms with Crippen LogP contribution in [-0.4, -0.2) is 41.1 Å². The van der Waals surface area contributed by atoms with E-state index in [2.05, 4.69) is 11.2 Å². The van der Waals surface area contributed by atoms with Gasteiger partial charge in [0.1, 0.15) is 0 Å². The number of nitrogens with zero attached hydrogens (tertiary/aromatic N) is 1. The van der Waals surface area contributed by atoms with Crippen LogP contribution in [0.2, 0.25) is 0 Å². The number of amides is 2. The Balaban J connectivity index is 2.72. The molecule has 0 aromatic heterocycles. The highest BCUT2D eigenvalue weighted by atomic mass is 16.4. The summed E-state index contributed by atoms with van der Waals surface area (Å²) < 4.78 is 0. The Morgan fingerprint density at radius 3 is 2.71 bits per heavy atom. The van der Waals surface area contributed by atoms with E-state index >= 15 is 0 Å². The van der Waals surface area contributed by atoms with Gasteiger partial charge in [0.15, 0.2) is 0 Å². The first-order valence-corrected chi connectivity index (χ1v) is 7.71. The summed E-state index contributed by atoms with van der Waals surface area (Å²) in [7, 11) is 0. The topological polar surface area (TPSA) is 69.6 Å². The van der Waals surface area contributed by atoms with Gasteiger partial charge in [0.2, 0.25) is 0 Å². The molecule has 2 N–H and O–H groups in total. The van der Waals surface area contributed by atoms with Gasteiger partial charge >= 0.3 is 12.0 Å². The largest absolute Gasteiger partial charge is 0.481 e. The number of aliphatic carboxylic acids is 1. The van der Waals surface area contributed by atoms with Gasteiger partial charge in [0.25, 0.3) is 0 Å². The van der Waals surface area contributed by atoms with Crippen molar-refractivity contribution >= 4 is 12.0 Å². The Labute approximate surface area is 127 Å². The average molecular weight is 294 g/mol. The van der Waals surface area contributed by atoms with Gasteiger partial charge < -0.3 is 15.3 Å². The number of carbonyl (C=O) groups excluding carboxylic acids is 1. The molecule has 5 nitrogen and oxygen atoms in total. The summed E-state index contributed by atoms with van der Waals surface area (Å²) in [5.41, 5.74) is -0.793. The summed E-state index contributed by atoms with van der Waals surface area (Å²) in [5, 5.41) is 12.5. The third-order valence-corrected chi connectivity index (χ3v) is 4.23. The van der Waals surface area contributed by atoms with E-state index in [1.807, 2.05) is 13.8 Å². The fourth-order valence-electron chi connectivity index (χ4n) is 2.97. The van der Waals surface area contributed by atoms with Crippen molar-refractivity contribution in [2.24, 2.45) is 5.41 Å². The molecule has 0 bridgehead atoms. The number of terminal acetylenes is 1. The maximum Gasteiger partial charge on any atom is 0.317 e. The Kier molecular flexibility index (Phi) is 6.54. The molecule has 0 radical (unpaired) electrons. The highest BCUT2D eigenvalue weighted by Crippen LogP contribution is 2.35. The molecule has 1 rings (SSSR count). The van der Waals surface area contributed by atoms with E-state index in [1.165, 1.54) is 0 Å². The van der Waals surface area contributed by atoms with Crippen LogP contribution in [0.5, 0.6) is 0 Å². The zero-order valence-electron chi connectivity index (χ0n) is 13.0. The van der Waals surface area contributed by atoms with Crippen LogP contribution < -0.4 is 5.32 Å². The molecule has 0 aromatic carbocycles. The van der Waals surface area contributed by atoms with E-state index in [9.17, 15) is 14.7 Å². The Bertz CT molecular complexity index is 412. The Morgan fingerprint density at radius 1 is 1.48 bits per heavy atom. The fraction of sp³-hybridized carbons (Fsp3) is 0.750. The van der Waals surface area contributed by atoms with Crippen molar-refractivity contribution in [3.05, 3.63) is 0 Å². The highest BCUT2D eigenvalue weighted by molar-refractivity contribution is 5.79. The zero-order valence-corrected chi connectivity index (χ0v) is 13.0. The molecule has 118 valence electrons. The summed E-state index contributed by atoms with van der Waals surface area (Å²) in [6, 6.07) is -0.242. The summed E-state index contributed by atoms with van der Waals surface area (Å²) in [6.07, 6.45) is 9.33. The summed E-state index contributed by atoms with van der Waals surface area (Å²) in [4.78, 5) is 25.6. The molecule has 1 heterocycles. The molecule has 1 aliphatic rings. The van der Waals surface area contributed by atoms with Crippen LogP contribution in [-0.2, 0) is 4.79 Å². The second-order valence-electron chi connectivity index (χ2n) is 5.82. The van der Waals surface area contributed by atoms with E-state index in [4.69, 9.17) is 6.42 Å². The molecule has 21 heavy (non-hydrogen) atoms. The third-order valence-electron chi connectivity index (χ3n) is 4.23. The summed E-state index contributed by atoms with van der Waals surface area (Å²) >= 11 is 0. The number of urea groups is 1. The molecular weight excluding hydrogens is 268 g/mol. The lowest BCUT2D eigenvalue weighted by atomic mass is 9.76. The van der Waals surface area contributed by atoms with E-state index in [1.54, 1.807) is 4.90 Å². The molecule has 2 unspecified atom stereocenters. The SMILES string of the molecule is C#CCC(CC)NC(=O)N1CCCC(CCC)(C(=O)O)C1. The van der Waals surface area contributed by atoms with Gasteiger partial charge in [-0.1, -0.05) is 20.3 Å². The standard InChI is InChI=1S/C16H26N2O3/c1-4-8-13(6-3)17-15(21)18-11-7-10-16(12-18,9-5-2)14(19)20/h1,13H,5-12H2,2-3H3,(H,17,21)(H,19,20). The minimum absolute atomic E-state index is 0.0465. The molecule has 2 atom stereocenters. The molecule has 0 aliphatic carbocycles. The van der Waals surface area contributed by atoms with E-state index in [0.717, 1.165) is 19.3 Å². The van der Waals surface area contributed by atoms with Crippen molar-refractivity contribution in [2.75, 3.05) is 13.1 Å². The second-order valence-corrected chi connectivity index (χ2v) is 5.82. The quantitative estimate of drug-likeness (QED) is 0.739. The van der Waals surface area contributed by atoms with E-state index < -0.39 is 11.4 Å². The number of carboxylic acid groups (broad SMARTS) is 1. The van der Waals surface area contributed by atoms with Crippen molar-refractivity contribution in [3.63, 3.8) is 0 Å². The van der Waals surface area contributed by atoms with Gasteiger partial charge in [0.05, 0.1) is 5.41 Å². The van der Waals surface area contributed by atoms with Crippen LogP contribution in [0.3, 0.4) is 0 Å². The minimum atomic E-state index is -0.794. The second kappa shape index (κ2) is 7.92. The number of hydrogen-bond donors (Lipinski definition) is 2. The third kappa shape index (κ3) is 4.38. The molecule has 1 aliphatic heterocycles. The summed E-state index contributed by atoms with van der Waals surface area (Å²) in [5.74, 6) is 1.76. The maximum atomic E-state index is 12.3. The molecule has 2 amide bonds. The smallest absolute Gasteiger partial charge is 0.317 e. The molecule has 5 heteroatoms. The average Bonchev–Trinajstić information content (AvgIpc) is 2.47. The van der Waals surface area contributed by atoms with Crippen molar-refractivity contribution in [2.45, 2.75) is 58.4 Å². The lowest BCUT2D eigenvalue weighted by Gasteiger charge is -2.40. The number of carbonyl (C=O) groups is 2. The van der Waals surface area contributed by atoms with Gasteiger partial charge in [-0.3, -0.25) is 4.79 Å². The normalized spacial score (nSPS) is 23.2. The Hall–Kier alpha value is -1.70. The van der Waals surface area contributed by atoms with Crippen LogP contribution in [0.4, 0.5) is 4.79 Å². The highest BCUT2D eigenvalue weighted by Gasteiger charge is 2.42. The molecule has 1 fully saturated rings. The van der Waals surface area contributed by atoms with Crippen molar-refractivity contribution in [1.82, 2.24) is 10.2 Å². The lowest BCUT2D eigenvalue weighted by Crippen LogP contribution is -2.54. The van der Waals surface area contributed by atoms with Gasteiger partial charge in [-0.25, -0.2) is 4.79 Å². The van der Waals surface area contributed by atoms with Crippen molar-refractivity contribution in [3.8, 4) is 12.3 Å². The first-order chi connectivity index (χ1) is 9.99. The predicted octanol–water partition coefficient (Wildman–Crippen LogP) is 2.46. The first kappa shape index (κ1) is 17.4. The molecular formula is C16H26N2O3. The number of rotatable bonds is 6. The van der Waals surface area contributed by atoms with Gasteiger partial charge in [-0.05, 0) is 25.7 Å². The minimum Gasteiger partial charge on any atom is -0.481 e. The number of piperidine rings is 1. The lowest BCUT2D eigenvalue weighted by molar-refractivity contribution is -0.152. The number of nitrogens with one attached hydrogen (secondary N) is 1.